The Kier molecular flexibility index (Phi) is 8.35. The molecule has 4 rings (SSSR count). The Hall–Kier alpha value is -4.69. The molecule has 0 spiro atoms. The predicted molar refractivity (Wildman–Crippen MR) is 144 cm³/mol. The standard InChI is InChI=1S/C30H29N5O3/c1-21(28(36)37)6-5-7-22-8-10-23(11-9-22)24-12-14-25(15-13-24)33-29(38)35-30(17-3-2-4-18-30)26-16-19-32-27(20-31)34-26/h8-16,19,21H,2-4,6,17-18H2,1H3,(H,36,37)(H2,33,35,38). The number of urea groups is 1. The molecule has 1 aliphatic rings. The zero-order valence-electron chi connectivity index (χ0n) is 21.2. The van der Waals surface area contributed by atoms with Gasteiger partial charge in [-0.15, -0.1) is 0 Å². The van der Waals surface area contributed by atoms with Gasteiger partial charge >= 0.3 is 12.0 Å². The van der Waals surface area contributed by atoms with Crippen molar-refractivity contribution in [1.82, 2.24) is 15.3 Å². The summed E-state index contributed by atoms with van der Waals surface area (Å²) in [7, 11) is 0. The Labute approximate surface area is 222 Å². The first-order valence-electron chi connectivity index (χ1n) is 12.6. The summed E-state index contributed by atoms with van der Waals surface area (Å²) in [5.41, 5.74) is 3.51. The van der Waals surface area contributed by atoms with Crippen LogP contribution in [0.5, 0.6) is 0 Å². The monoisotopic (exact) mass is 507 g/mol. The number of nitrogens with zero attached hydrogens (tertiary/aromatic N) is 3. The molecule has 0 radical (unpaired) electrons. The van der Waals surface area contributed by atoms with Crippen LogP contribution in [-0.2, 0) is 10.3 Å². The molecule has 1 saturated carbocycles. The fourth-order valence-corrected chi connectivity index (χ4v) is 4.54. The fraction of sp³-hybridized carbons (Fsp3) is 0.300. The molecule has 0 aliphatic heterocycles. The third-order valence-electron chi connectivity index (χ3n) is 6.73. The lowest BCUT2D eigenvalue weighted by Crippen LogP contribution is -2.49. The summed E-state index contributed by atoms with van der Waals surface area (Å²) in [6, 6.07) is 18.7. The molecule has 1 aromatic heterocycles. The number of carbonyl (C=O) groups is 2. The average molecular weight is 508 g/mol. The van der Waals surface area contributed by atoms with E-state index in [0.717, 1.165) is 48.8 Å². The summed E-state index contributed by atoms with van der Waals surface area (Å²) >= 11 is 0. The van der Waals surface area contributed by atoms with Gasteiger partial charge in [0.2, 0.25) is 5.82 Å². The summed E-state index contributed by atoms with van der Waals surface area (Å²) in [6.45, 7) is 1.64. The highest BCUT2D eigenvalue weighted by Crippen LogP contribution is 2.36. The van der Waals surface area contributed by atoms with Crippen LogP contribution >= 0.6 is 0 Å². The molecule has 1 atom stereocenters. The molecule has 3 aromatic rings. The Bertz CT molecular complexity index is 1390. The number of amides is 2. The van der Waals surface area contributed by atoms with E-state index in [-0.39, 0.29) is 11.9 Å². The van der Waals surface area contributed by atoms with Gasteiger partial charge in [0, 0.05) is 23.9 Å². The summed E-state index contributed by atoms with van der Waals surface area (Å²) in [5, 5.41) is 24.2. The second kappa shape index (κ2) is 12.0. The smallest absolute Gasteiger partial charge is 0.319 e. The van der Waals surface area contributed by atoms with Gasteiger partial charge in [0.1, 0.15) is 6.07 Å². The third-order valence-corrected chi connectivity index (χ3v) is 6.73. The van der Waals surface area contributed by atoms with E-state index in [9.17, 15) is 14.9 Å². The zero-order valence-corrected chi connectivity index (χ0v) is 21.2. The van der Waals surface area contributed by atoms with Gasteiger partial charge in [0.05, 0.1) is 17.2 Å². The molecule has 1 fully saturated rings. The van der Waals surface area contributed by atoms with Gasteiger partial charge in [-0.2, -0.15) is 5.26 Å². The molecule has 38 heavy (non-hydrogen) atoms. The molecular weight excluding hydrogens is 478 g/mol. The summed E-state index contributed by atoms with van der Waals surface area (Å²) < 4.78 is 0. The topological polar surface area (TPSA) is 128 Å². The van der Waals surface area contributed by atoms with Crippen LogP contribution in [-0.4, -0.2) is 27.1 Å². The van der Waals surface area contributed by atoms with Crippen molar-refractivity contribution in [3.8, 4) is 29.0 Å². The van der Waals surface area contributed by atoms with Crippen LogP contribution in [0.2, 0.25) is 0 Å². The molecule has 8 heteroatoms. The van der Waals surface area contributed by atoms with E-state index in [1.807, 2.05) is 54.6 Å². The molecule has 2 aromatic carbocycles. The molecule has 192 valence electrons. The average Bonchev–Trinajstić information content (AvgIpc) is 2.94. The number of aliphatic carboxylic acids is 1. The van der Waals surface area contributed by atoms with Crippen LogP contribution < -0.4 is 10.6 Å². The van der Waals surface area contributed by atoms with Gasteiger partial charge in [-0.05, 0) is 54.3 Å². The second-order valence-corrected chi connectivity index (χ2v) is 9.50. The number of nitrogens with one attached hydrogen (secondary N) is 2. The molecular formula is C30H29N5O3. The van der Waals surface area contributed by atoms with E-state index < -0.39 is 17.4 Å². The van der Waals surface area contributed by atoms with E-state index in [0.29, 0.717) is 17.8 Å². The predicted octanol–water partition coefficient (Wildman–Crippen LogP) is 5.46. The molecule has 1 unspecified atom stereocenters. The van der Waals surface area contributed by atoms with Gasteiger partial charge < -0.3 is 15.7 Å². The number of anilines is 1. The minimum atomic E-state index is -0.849. The lowest BCUT2D eigenvalue weighted by Gasteiger charge is -2.37. The minimum Gasteiger partial charge on any atom is -0.481 e. The molecule has 2 amide bonds. The number of nitriles is 1. The number of aromatic nitrogens is 2. The number of rotatable bonds is 6. The second-order valence-electron chi connectivity index (χ2n) is 9.50. The number of carbonyl (C=O) groups excluding carboxylic acids is 1. The first-order valence-corrected chi connectivity index (χ1v) is 12.6. The van der Waals surface area contributed by atoms with Gasteiger partial charge in [-0.3, -0.25) is 4.79 Å². The molecule has 0 saturated heterocycles. The van der Waals surface area contributed by atoms with Crippen molar-refractivity contribution in [3.05, 3.63) is 77.9 Å². The van der Waals surface area contributed by atoms with Gasteiger partial charge in [0.25, 0.3) is 0 Å². The Morgan fingerprint density at radius 2 is 1.68 bits per heavy atom. The first-order chi connectivity index (χ1) is 18.4. The number of benzene rings is 2. The SMILES string of the molecule is CC(CC#Cc1ccc(-c2ccc(NC(=O)NC3(c4ccnc(C#N)n4)CCCCC3)cc2)cc1)C(=O)O. The Morgan fingerprint density at radius 3 is 2.32 bits per heavy atom. The van der Waals surface area contributed by atoms with Crippen LogP contribution in [0, 0.1) is 29.1 Å². The fourth-order valence-electron chi connectivity index (χ4n) is 4.54. The zero-order chi connectivity index (χ0) is 27.0. The third kappa shape index (κ3) is 6.54. The van der Waals surface area contributed by atoms with Gasteiger partial charge in [0.15, 0.2) is 0 Å². The number of carboxylic acid groups (broad SMARTS) is 1. The summed E-state index contributed by atoms with van der Waals surface area (Å²) in [6.07, 6.45) is 6.40. The molecule has 1 heterocycles. The summed E-state index contributed by atoms with van der Waals surface area (Å²) in [4.78, 5) is 32.2. The normalized spacial score (nSPS) is 14.7. The quantitative estimate of drug-likeness (QED) is 0.380. The van der Waals surface area contributed by atoms with Gasteiger partial charge in [-0.1, -0.05) is 62.3 Å². The van der Waals surface area contributed by atoms with E-state index >= 15 is 0 Å². The van der Waals surface area contributed by atoms with Crippen LogP contribution in [0.1, 0.15) is 62.5 Å². The number of carboxylic acids is 1. The summed E-state index contributed by atoms with van der Waals surface area (Å²) in [5.74, 6) is 4.67. The molecule has 1 aliphatic carbocycles. The first kappa shape index (κ1) is 26.4. The van der Waals surface area contributed by atoms with Crippen LogP contribution in [0.3, 0.4) is 0 Å². The molecule has 0 bridgehead atoms. The maximum absolute atomic E-state index is 13.0. The van der Waals surface area contributed by atoms with Crippen LogP contribution in [0.4, 0.5) is 10.5 Å². The largest absolute Gasteiger partial charge is 0.481 e. The van der Waals surface area contributed by atoms with Crippen molar-refractivity contribution < 1.29 is 14.7 Å². The van der Waals surface area contributed by atoms with Crippen molar-refractivity contribution in [2.24, 2.45) is 5.92 Å². The molecule has 8 nitrogen and oxygen atoms in total. The van der Waals surface area contributed by atoms with Crippen molar-refractivity contribution in [1.29, 1.82) is 5.26 Å². The highest BCUT2D eigenvalue weighted by atomic mass is 16.4. The van der Waals surface area contributed by atoms with E-state index in [4.69, 9.17) is 5.11 Å². The minimum absolute atomic E-state index is 0.0955. The lowest BCUT2D eigenvalue weighted by atomic mass is 9.79. The highest BCUT2D eigenvalue weighted by molar-refractivity contribution is 5.90. The van der Waals surface area contributed by atoms with E-state index in [1.165, 1.54) is 0 Å². The number of hydrogen-bond donors (Lipinski definition) is 3. The van der Waals surface area contributed by atoms with Crippen LogP contribution in [0.15, 0.2) is 60.8 Å². The van der Waals surface area contributed by atoms with E-state index in [2.05, 4.69) is 32.4 Å². The van der Waals surface area contributed by atoms with Gasteiger partial charge in [-0.25, -0.2) is 14.8 Å². The van der Waals surface area contributed by atoms with Crippen molar-refractivity contribution >= 4 is 17.7 Å². The maximum Gasteiger partial charge on any atom is 0.319 e. The maximum atomic E-state index is 13.0. The van der Waals surface area contributed by atoms with Crippen molar-refractivity contribution in [2.45, 2.75) is 51.0 Å². The Morgan fingerprint density at radius 1 is 1.03 bits per heavy atom. The van der Waals surface area contributed by atoms with Crippen molar-refractivity contribution in [2.75, 3.05) is 5.32 Å². The van der Waals surface area contributed by atoms with E-state index in [1.54, 1.807) is 19.2 Å². The number of hydrogen-bond acceptors (Lipinski definition) is 5. The molecule has 3 N–H and O–H groups in total. The highest BCUT2D eigenvalue weighted by Gasteiger charge is 2.37. The lowest BCUT2D eigenvalue weighted by molar-refractivity contribution is -0.140. The van der Waals surface area contributed by atoms with Crippen LogP contribution in [0.25, 0.3) is 11.1 Å². The Balaban J connectivity index is 1.40. The van der Waals surface area contributed by atoms with Crippen molar-refractivity contribution in [3.63, 3.8) is 0 Å².